The third kappa shape index (κ3) is 4.32. The summed E-state index contributed by atoms with van der Waals surface area (Å²) >= 11 is 0. The first-order valence-electron chi connectivity index (χ1n) is 10.1. The summed E-state index contributed by atoms with van der Waals surface area (Å²) in [6, 6.07) is 12.6. The number of aromatic nitrogens is 3. The smallest absolute Gasteiger partial charge is 0.319 e. The molecular weight excluding hydrogens is 450 g/mol. The molecule has 0 atom stereocenters. The number of rotatable bonds is 4. The number of benzene rings is 2. The van der Waals surface area contributed by atoms with Crippen molar-refractivity contribution < 1.29 is 22.4 Å². The van der Waals surface area contributed by atoms with Gasteiger partial charge in [-0.1, -0.05) is 24.3 Å². The van der Waals surface area contributed by atoms with E-state index in [-0.39, 0.29) is 27.8 Å². The average molecular weight is 467 g/mol. The predicted molar refractivity (Wildman–Crippen MR) is 117 cm³/mol. The Labute approximate surface area is 191 Å². The number of amides is 1. The number of alkyl halides is 3. The van der Waals surface area contributed by atoms with E-state index in [1.54, 1.807) is 30.7 Å². The molecule has 34 heavy (non-hydrogen) atoms. The lowest BCUT2D eigenvalue weighted by Gasteiger charge is -2.13. The van der Waals surface area contributed by atoms with E-state index in [0.717, 1.165) is 5.56 Å². The first kappa shape index (κ1) is 22.9. The highest BCUT2D eigenvalue weighted by Gasteiger charge is 2.34. The van der Waals surface area contributed by atoms with Crippen molar-refractivity contribution in [3.8, 4) is 6.07 Å². The zero-order valence-electron chi connectivity index (χ0n) is 18.0. The molecular formula is C24H17F4N5O. The van der Waals surface area contributed by atoms with Gasteiger partial charge in [0.25, 0.3) is 5.91 Å². The van der Waals surface area contributed by atoms with Crippen LogP contribution in [0.2, 0.25) is 0 Å². The first-order chi connectivity index (χ1) is 16.1. The van der Waals surface area contributed by atoms with Crippen LogP contribution in [0.3, 0.4) is 0 Å². The fraction of sp³-hybridized carbons (Fsp3) is 0.167. The van der Waals surface area contributed by atoms with Gasteiger partial charge in [0, 0.05) is 5.39 Å². The van der Waals surface area contributed by atoms with Gasteiger partial charge in [0.2, 0.25) is 0 Å². The minimum absolute atomic E-state index is 0.0721. The van der Waals surface area contributed by atoms with Crippen molar-refractivity contribution in [1.82, 2.24) is 14.8 Å². The van der Waals surface area contributed by atoms with Gasteiger partial charge in [-0.2, -0.15) is 23.5 Å². The molecule has 0 aliphatic rings. The largest absolute Gasteiger partial charge is 0.433 e. The van der Waals surface area contributed by atoms with Gasteiger partial charge in [-0.05, 0) is 43.7 Å². The summed E-state index contributed by atoms with van der Waals surface area (Å²) in [5.41, 5.74) is 0.351. The van der Waals surface area contributed by atoms with Crippen LogP contribution >= 0.6 is 0 Å². The molecule has 2 aromatic heterocycles. The molecule has 1 amide bonds. The van der Waals surface area contributed by atoms with E-state index < -0.39 is 17.8 Å². The van der Waals surface area contributed by atoms with Gasteiger partial charge in [0.15, 0.2) is 0 Å². The predicted octanol–water partition coefficient (Wildman–Crippen LogP) is 5.38. The second kappa shape index (κ2) is 8.59. The zero-order chi connectivity index (χ0) is 24.6. The minimum atomic E-state index is -4.81. The van der Waals surface area contributed by atoms with Crippen LogP contribution in [-0.4, -0.2) is 20.7 Å². The Balaban J connectivity index is 1.73. The highest BCUT2D eigenvalue weighted by Crippen LogP contribution is 2.32. The molecule has 10 heteroatoms. The van der Waals surface area contributed by atoms with Crippen molar-refractivity contribution >= 4 is 22.5 Å². The normalized spacial score (nSPS) is 11.4. The second-order valence-corrected chi connectivity index (χ2v) is 7.65. The standard InChI is InChI=1S/C24H17F4N5O/c1-13-21(14(2)33(32-13)12-15-6-8-17(25)9-7-15)31-23(34)19-10-20(24(26,27)28)30-22-16(11-29)4-3-5-18(19)22/h3-10H,12H2,1-2H3,(H,31,34). The maximum atomic E-state index is 13.5. The fourth-order valence-corrected chi connectivity index (χ4v) is 3.65. The quantitative estimate of drug-likeness (QED) is 0.409. The third-order valence-electron chi connectivity index (χ3n) is 5.36. The van der Waals surface area contributed by atoms with E-state index in [0.29, 0.717) is 29.7 Å². The van der Waals surface area contributed by atoms with Crippen LogP contribution in [0.1, 0.15) is 38.6 Å². The highest BCUT2D eigenvalue weighted by molar-refractivity contribution is 6.13. The number of nitriles is 1. The van der Waals surface area contributed by atoms with E-state index in [4.69, 9.17) is 0 Å². The first-order valence-corrected chi connectivity index (χ1v) is 10.1. The van der Waals surface area contributed by atoms with E-state index in [9.17, 15) is 27.6 Å². The number of fused-ring (bicyclic) bond motifs is 1. The van der Waals surface area contributed by atoms with Gasteiger partial charge in [-0.25, -0.2) is 9.37 Å². The van der Waals surface area contributed by atoms with Crippen molar-refractivity contribution in [3.63, 3.8) is 0 Å². The third-order valence-corrected chi connectivity index (χ3v) is 5.36. The summed E-state index contributed by atoms with van der Waals surface area (Å²) in [7, 11) is 0. The number of nitrogens with zero attached hydrogens (tertiary/aromatic N) is 4. The molecule has 0 saturated heterocycles. The van der Waals surface area contributed by atoms with Gasteiger partial charge in [-0.15, -0.1) is 0 Å². The Bertz CT molecular complexity index is 1450. The average Bonchev–Trinajstić information content (AvgIpc) is 3.05. The van der Waals surface area contributed by atoms with Crippen molar-refractivity contribution in [2.45, 2.75) is 26.6 Å². The summed E-state index contributed by atoms with van der Waals surface area (Å²) in [6.07, 6.45) is -4.81. The molecule has 0 bridgehead atoms. The van der Waals surface area contributed by atoms with E-state index >= 15 is 0 Å². The number of para-hydroxylation sites is 1. The van der Waals surface area contributed by atoms with E-state index in [1.807, 2.05) is 6.07 Å². The van der Waals surface area contributed by atoms with Crippen LogP contribution in [-0.2, 0) is 12.7 Å². The number of anilines is 1. The lowest BCUT2D eigenvalue weighted by molar-refractivity contribution is -0.140. The Morgan fingerprint density at radius 1 is 1.15 bits per heavy atom. The zero-order valence-corrected chi connectivity index (χ0v) is 18.0. The molecule has 172 valence electrons. The molecule has 0 fully saturated rings. The summed E-state index contributed by atoms with van der Waals surface area (Å²) in [5.74, 6) is -1.16. The Morgan fingerprint density at radius 3 is 2.50 bits per heavy atom. The van der Waals surface area contributed by atoms with Crippen molar-refractivity contribution in [2.24, 2.45) is 0 Å². The summed E-state index contributed by atoms with van der Waals surface area (Å²) in [5, 5.41) is 16.5. The fourth-order valence-electron chi connectivity index (χ4n) is 3.65. The molecule has 0 spiro atoms. The molecule has 4 aromatic rings. The van der Waals surface area contributed by atoms with Gasteiger partial charge in [0.1, 0.15) is 17.6 Å². The van der Waals surface area contributed by atoms with Crippen LogP contribution in [0, 0.1) is 31.0 Å². The van der Waals surface area contributed by atoms with Crippen molar-refractivity contribution in [2.75, 3.05) is 5.32 Å². The van der Waals surface area contributed by atoms with Crippen LogP contribution in [0.25, 0.3) is 10.9 Å². The molecule has 0 saturated carbocycles. The summed E-state index contributed by atoms with van der Waals surface area (Å²) < 4.78 is 55.2. The number of halogens is 4. The molecule has 2 aromatic carbocycles. The minimum Gasteiger partial charge on any atom is -0.319 e. The summed E-state index contributed by atoms with van der Waals surface area (Å²) in [6.45, 7) is 3.67. The van der Waals surface area contributed by atoms with Gasteiger partial charge in [0.05, 0.1) is 40.3 Å². The van der Waals surface area contributed by atoms with Crippen LogP contribution in [0.5, 0.6) is 0 Å². The topological polar surface area (TPSA) is 83.6 Å². The molecule has 4 rings (SSSR count). The lowest BCUT2D eigenvalue weighted by atomic mass is 10.0. The number of aryl methyl sites for hydroxylation is 1. The number of carbonyl (C=O) groups excluding carboxylic acids is 1. The maximum absolute atomic E-state index is 13.5. The van der Waals surface area contributed by atoms with Gasteiger partial charge in [-0.3, -0.25) is 9.48 Å². The summed E-state index contributed by atoms with van der Waals surface area (Å²) in [4.78, 5) is 16.7. The molecule has 0 radical (unpaired) electrons. The number of nitrogens with one attached hydrogen (secondary N) is 1. The Morgan fingerprint density at radius 2 is 1.85 bits per heavy atom. The lowest BCUT2D eigenvalue weighted by Crippen LogP contribution is -2.17. The number of hydrogen-bond acceptors (Lipinski definition) is 4. The van der Waals surface area contributed by atoms with E-state index in [1.165, 1.54) is 30.3 Å². The van der Waals surface area contributed by atoms with Crippen LogP contribution < -0.4 is 5.32 Å². The van der Waals surface area contributed by atoms with Crippen molar-refractivity contribution in [1.29, 1.82) is 5.26 Å². The molecule has 0 aliphatic heterocycles. The molecule has 0 unspecified atom stereocenters. The van der Waals surface area contributed by atoms with Crippen LogP contribution in [0.15, 0.2) is 48.5 Å². The second-order valence-electron chi connectivity index (χ2n) is 7.65. The van der Waals surface area contributed by atoms with Gasteiger partial charge < -0.3 is 5.32 Å². The van der Waals surface area contributed by atoms with E-state index in [2.05, 4.69) is 15.4 Å². The monoisotopic (exact) mass is 467 g/mol. The molecule has 6 nitrogen and oxygen atoms in total. The maximum Gasteiger partial charge on any atom is 0.433 e. The highest BCUT2D eigenvalue weighted by atomic mass is 19.4. The SMILES string of the molecule is Cc1nn(Cc2ccc(F)cc2)c(C)c1NC(=O)c1cc(C(F)(F)F)nc2c(C#N)cccc12. The molecule has 2 heterocycles. The van der Waals surface area contributed by atoms with Crippen LogP contribution in [0.4, 0.5) is 23.2 Å². The number of pyridine rings is 1. The van der Waals surface area contributed by atoms with Gasteiger partial charge >= 0.3 is 6.18 Å². The number of hydrogen-bond donors (Lipinski definition) is 1. The molecule has 1 N–H and O–H groups in total. The Hall–Kier alpha value is -4.26. The Kier molecular flexibility index (Phi) is 5.79. The molecule has 0 aliphatic carbocycles. The number of carbonyl (C=O) groups is 1. The van der Waals surface area contributed by atoms with Crippen molar-refractivity contribution in [3.05, 3.63) is 88.1 Å².